The van der Waals surface area contributed by atoms with Crippen molar-refractivity contribution >= 4 is 5.97 Å². The number of benzene rings is 2. The second-order valence-corrected chi connectivity index (χ2v) is 5.65. The Kier molecular flexibility index (Phi) is 4.25. The summed E-state index contributed by atoms with van der Waals surface area (Å²) in [6.45, 7) is 2.15. The third-order valence-corrected chi connectivity index (χ3v) is 4.36. The molecule has 3 nitrogen and oxygen atoms in total. The number of nitrogens with two attached hydrogens (primary N) is 1. The summed E-state index contributed by atoms with van der Waals surface area (Å²) in [6.07, 6.45) is 1.94. The van der Waals surface area contributed by atoms with E-state index in [4.69, 9.17) is 10.5 Å². The summed E-state index contributed by atoms with van der Waals surface area (Å²) in [5.41, 5.74) is 11.1. The van der Waals surface area contributed by atoms with Gasteiger partial charge in [-0.15, -0.1) is 0 Å². The molecule has 22 heavy (non-hydrogen) atoms. The summed E-state index contributed by atoms with van der Waals surface area (Å²) in [5, 5.41) is 0. The van der Waals surface area contributed by atoms with Gasteiger partial charge in [-0.3, -0.25) is 4.79 Å². The zero-order chi connectivity index (χ0) is 15.5. The quantitative estimate of drug-likeness (QED) is 0.886. The number of hydrogen-bond acceptors (Lipinski definition) is 3. The highest BCUT2D eigenvalue weighted by molar-refractivity contribution is 5.78. The molecule has 3 heteroatoms. The van der Waals surface area contributed by atoms with Gasteiger partial charge in [-0.05, 0) is 42.0 Å². The predicted molar refractivity (Wildman–Crippen MR) is 86.7 cm³/mol. The number of esters is 1. The van der Waals surface area contributed by atoms with Crippen LogP contribution >= 0.6 is 0 Å². The van der Waals surface area contributed by atoms with Crippen molar-refractivity contribution in [3.63, 3.8) is 0 Å². The second kappa shape index (κ2) is 6.32. The van der Waals surface area contributed by atoms with Crippen LogP contribution in [0.15, 0.2) is 48.5 Å². The summed E-state index contributed by atoms with van der Waals surface area (Å²) in [7, 11) is 0. The third kappa shape index (κ3) is 2.64. The molecule has 0 saturated carbocycles. The normalized spacial score (nSPS) is 15.4. The minimum absolute atomic E-state index is 0.144. The Bertz CT molecular complexity index is 633. The van der Waals surface area contributed by atoms with Gasteiger partial charge in [-0.2, -0.15) is 0 Å². The van der Waals surface area contributed by atoms with E-state index in [1.54, 1.807) is 6.92 Å². The van der Waals surface area contributed by atoms with Crippen molar-refractivity contribution in [1.82, 2.24) is 0 Å². The van der Waals surface area contributed by atoms with Gasteiger partial charge >= 0.3 is 5.97 Å². The SMILES string of the molecule is CCOC(=O)C(N)C1c2ccccc2CCc2ccccc21. The maximum absolute atomic E-state index is 12.2. The van der Waals surface area contributed by atoms with Crippen LogP contribution in [-0.4, -0.2) is 18.6 Å². The van der Waals surface area contributed by atoms with E-state index in [9.17, 15) is 4.79 Å². The molecule has 0 heterocycles. The van der Waals surface area contributed by atoms with Crippen molar-refractivity contribution in [2.24, 2.45) is 5.73 Å². The van der Waals surface area contributed by atoms with Crippen molar-refractivity contribution < 1.29 is 9.53 Å². The lowest BCUT2D eigenvalue weighted by molar-refractivity contribution is -0.145. The molecule has 0 saturated heterocycles. The fourth-order valence-corrected chi connectivity index (χ4v) is 3.33. The molecule has 0 spiro atoms. The van der Waals surface area contributed by atoms with Crippen LogP contribution in [0.1, 0.15) is 35.1 Å². The molecule has 2 aromatic rings. The molecule has 3 rings (SSSR count). The van der Waals surface area contributed by atoms with E-state index >= 15 is 0 Å². The van der Waals surface area contributed by atoms with Gasteiger partial charge in [0.15, 0.2) is 0 Å². The van der Waals surface area contributed by atoms with E-state index in [-0.39, 0.29) is 11.9 Å². The largest absolute Gasteiger partial charge is 0.465 e. The maximum Gasteiger partial charge on any atom is 0.323 e. The van der Waals surface area contributed by atoms with Gasteiger partial charge in [0, 0.05) is 5.92 Å². The first-order valence-electron chi connectivity index (χ1n) is 7.80. The molecule has 0 radical (unpaired) electrons. The van der Waals surface area contributed by atoms with Crippen molar-refractivity contribution in [3.05, 3.63) is 70.8 Å². The van der Waals surface area contributed by atoms with Crippen LogP contribution in [0.2, 0.25) is 0 Å². The number of carbonyl (C=O) groups is 1. The van der Waals surface area contributed by atoms with Crippen LogP contribution in [0.3, 0.4) is 0 Å². The summed E-state index contributed by atoms with van der Waals surface area (Å²) >= 11 is 0. The second-order valence-electron chi connectivity index (χ2n) is 5.65. The first kappa shape index (κ1) is 14.8. The number of fused-ring (bicyclic) bond motifs is 2. The van der Waals surface area contributed by atoms with Gasteiger partial charge in [0.25, 0.3) is 0 Å². The monoisotopic (exact) mass is 295 g/mol. The lowest BCUT2D eigenvalue weighted by Crippen LogP contribution is -2.39. The molecule has 0 aliphatic heterocycles. The first-order chi connectivity index (χ1) is 10.7. The van der Waals surface area contributed by atoms with Crippen molar-refractivity contribution in [2.45, 2.75) is 31.7 Å². The molecule has 114 valence electrons. The van der Waals surface area contributed by atoms with Crippen molar-refractivity contribution in [3.8, 4) is 0 Å². The summed E-state index contributed by atoms with van der Waals surface area (Å²) < 4.78 is 5.16. The number of hydrogen-bond donors (Lipinski definition) is 1. The Balaban J connectivity index is 2.12. The van der Waals surface area contributed by atoms with Gasteiger partial charge in [-0.25, -0.2) is 0 Å². The number of rotatable bonds is 3. The number of ether oxygens (including phenoxy) is 1. The van der Waals surface area contributed by atoms with E-state index in [2.05, 4.69) is 24.3 Å². The molecule has 1 unspecified atom stereocenters. The Morgan fingerprint density at radius 3 is 2.09 bits per heavy atom. The molecule has 1 aliphatic rings. The maximum atomic E-state index is 12.2. The molecular weight excluding hydrogens is 274 g/mol. The summed E-state index contributed by atoms with van der Waals surface area (Å²) in [4.78, 5) is 12.2. The average molecular weight is 295 g/mol. The van der Waals surface area contributed by atoms with Crippen LogP contribution in [-0.2, 0) is 22.4 Å². The Morgan fingerprint density at radius 1 is 1.09 bits per heavy atom. The highest BCUT2D eigenvalue weighted by Crippen LogP contribution is 2.36. The summed E-state index contributed by atoms with van der Waals surface area (Å²) in [5.74, 6) is -0.479. The highest BCUT2D eigenvalue weighted by atomic mass is 16.5. The minimum Gasteiger partial charge on any atom is -0.465 e. The Labute approximate surface area is 131 Å². The molecule has 0 amide bonds. The average Bonchev–Trinajstić information content (AvgIpc) is 2.71. The Morgan fingerprint density at radius 2 is 1.59 bits per heavy atom. The van der Waals surface area contributed by atoms with E-state index in [1.807, 2.05) is 24.3 Å². The van der Waals surface area contributed by atoms with Gasteiger partial charge in [-0.1, -0.05) is 48.5 Å². The molecule has 0 aromatic heterocycles. The van der Waals surface area contributed by atoms with E-state index < -0.39 is 6.04 Å². The lowest BCUT2D eigenvalue weighted by Gasteiger charge is -2.25. The fourth-order valence-electron chi connectivity index (χ4n) is 3.33. The fraction of sp³-hybridized carbons (Fsp3) is 0.316. The molecule has 1 aliphatic carbocycles. The van der Waals surface area contributed by atoms with E-state index in [1.165, 1.54) is 11.1 Å². The molecule has 1 atom stereocenters. The topological polar surface area (TPSA) is 52.3 Å². The van der Waals surface area contributed by atoms with Crippen molar-refractivity contribution in [1.29, 1.82) is 0 Å². The molecule has 0 bridgehead atoms. The highest BCUT2D eigenvalue weighted by Gasteiger charge is 2.33. The lowest BCUT2D eigenvalue weighted by atomic mass is 9.83. The molecular formula is C19H21NO2. The van der Waals surface area contributed by atoms with Gasteiger partial charge in [0.1, 0.15) is 6.04 Å². The molecule has 0 fully saturated rings. The third-order valence-electron chi connectivity index (χ3n) is 4.36. The van der Waals surface area contributed by atoms with Gasteiger partial charge in [0.2, 0.25) is 0 Å². The zero-order valence-electron chi connectivity index (χ0n) is 12.8. The van der Waals surface area contributed by atoms with Crippen LogP contribution in [0.25, 0.3) is 0 Å². The van der Waals surface area contributed by atoms with Crippen LogP contribution < -0.4 is 5.73 Å². The van der Waals surface area contributed by atoms with Gasteiger partial charge in [0.05, 0.1) is 6.61 Å². The standard InChI is InChI=1S/C19H21NO2/c1-2-22-19(21)18(20)17-15-9-5-3-7-13(15)11-12-14-8-4-6-10-16(14)17/h3-10,17-18H,2,11-12,20H2,1H3. The Hall–Kier alpha value is -2.13. The van der Waals surface area contributed by atoms with E-state index in [0.717, 1.165) is 24.0 Å². The summed E-state index contributed by atoms with van der Waals surface area (Å²) in [6, 6.07) is 15.9. The molecule has 2 N–H and O–H groups in total. The number of carbonyl (C=O) groups excluding carboxylic acids is 1. The minimum atomic E-state index is -0.680. The molecule has 2 aromatic carbocycles. The van der Waals surface area contributed by atoms with E-state index in [0.29, 0.717) is 6.61 Å². The van der Waals surface area contributed by atoms with Crippen LogP contribution in [0.4, 0.5) is 0 Å². The zero-order valence-corrected chi connectivity index (χ0v) is 12.8. The number of aryl methyl sites for hydroxylation is 2. The first-order valence-corrected chi connectivity index (χ1v) is 7.80. The van der Waals surface area contributed by atoms with Crippen LogP contribution in [0, 0.1) is 0 Å². The smallest absolute Gasteiger partial charge is 0.323 e. The van der Waals surface area contributed by atoms with Crippen molar-refractivity contribution in [2.75, 3.05) is 6.61 Å². The van der Waals surface area contributed by atoms with Gasteiger partial charge < -0.3 is 10.5 Å². The van der Waals surface area contributed by atoms with Crippen LogP contribution in [0.5, 0.6) is 0 Å². The predicted octanol–water partition coefficient (Wildman–Crippen LogP) is 2.81.